The summed E-state index contributed by atoms with van der Waals surface area (Å²) in [6, 6.07) is 10.9. The lowest BCUT2D eigenvalue weighted by atomic mass is 10.1. The van der Waals surface area contributed by atoms with Gasteiger partial charge in [0.1, 0.15) is 5.75 Å². The molecule has 2 aromatic carbocycles. The maximum absolute atomic E-state index is 12.1. The lowest BCUT2D eigenvalue weighted by molar-refractivity contribution is -0.118. The van der Waals surface area contributed by atoms with Gasteiger partial charge in [-0.3, -0.25) is 9.59 Å². The highest BCUT2D eigenvalue weighted by atomic mass is 79.9. The third-order valence-electron chi connectivity index (χ3n) is 3.82. The van der Waals surface area contributed by atoms with Crippen LogP contribution in [0.1, 0.15) is 31.4 Å². The van der Waals surface area contributed by atoms with Crippen molar-refractivity contribution in [2.45, 2.75) is 34.1 Å². The Morgan fingerprint density at radius 1 is 0.963 bits per heavy atom. The molecule has 0 aliphatic rings. The molecule has 2 N–H and O–H groups in total. The van der Waals surface area contributed by atoms with Gasteiger partial charge in [0, 0.05) is 22.3 Å². The fraction of sp³-hybridized carbons (Fsp3) is 0.333. The maximum Gasteiger partial charge on any atom is 0.262 e. The second kappa shape index (κ2) is 9.55. The van der Waals surface area contributed by atoms with Crippen LogP contribution in [0.25, 0.3) is 0 Å². The van der Waals surface area contributed by atoms with Crippen LogP contribution in [-0.2, 0) is 9.59 Å². The highest BCUT2D eigenvalue weighted by Crippen LogP contribution is 2.27. The van der Waals surface area contributed by atoms with Gasteiger partial charge in [-0.15, -0.1) is 0 Å². The van der Waals surface area contributed by atoms with Crippen molar-refractivity contribution in [3.8, 4) is 5.75 Å². The van der Waals surface area contributed by atoms with Gasteiger partial charge < -0.3 is 15.4 Å². The molecule has 0 aliphatic carbocycles. The smallest absolute Gasteiger partial charge is 0.262 e. The Hall–Kier alpha value is -2.34. The van der Waals surface area contributed by atoms with Crippen LogP contribution in [0.3, 0.4) is 0 Å². The number of benzene rings is 2. The van der Waals surface area contributed by atoms with Crippen molar-refractivity contribution in [2.24, 2.45) is 5.92 Å². The first-order chi connectivity index (χ1) is 12.7. The quantitative estimate of drug-likeness (QED) is 0.641. The summed E-state index contributed by atoms with van der Waals surface area (Å²) in [6.45, 7) is 7.81. The van der Waals surface area contributed by atoms with Gasteiger partial charge in [0.05, 0.1) is 0 Å². The van der Waals surface area contributed by atoms with E-state index in [1.54, 1.807) is 24.3 Å². The summed E-state index contributed by atoms with van der Waals surface area (Å²) in [5.41, 5.74) is 3.29. The number of hydrogen-bond donors (Lipinski definition) is 2. The van der Waals surface area contributed by atoms with Crippen LogP contribution in [0.5, 0.6) is 5.75 Å². The Morgan fingerprint density at radius 2 is 1.44 bits per heavy atom. The second-order valence-corrected chi connectivity index (χ2v) is 7.84. The van der Waals surface area contributed by atoms with E-state index in [1.165, 1.54) is 0 Å². The standard InChI is InChI=1S/C21H25BrN2O3/c1-13(2)9-19(25)23-17-5-7-18(8-6-17)24-20(26)12-27-21-14(3)10-16(22)11-15(21)4/h5-8,10-11,13H,9,12H2,1-4H3,(H,23,25)(H,24,26). The molecule has 0 unspecified atom stereocenters. The molecule has 0 spiro atoms. The number of amides is 2. The van der Waals surface area contributed by atoms with Crippen LogP contribution < -0.4 is 15.4 Å². The highest BCUT2D eigenvalue weighted by Gasteiger charge is 2.10. The van der Waals surface area contributed by atoms with E-state index in [9.17, 15) is 9.59 Å². The molecule has 2 amide bonds. The summed E-state index contributed by atoms with van der Waals surface area (Å²) >= 11 is 3.44. The molecule has 2 aromatic rings. The van der Waals surface area contributed by atoms with Crippen molar-refractivity contribution in [3.05, 3.63) is 52.0 Å². The molecule has 0 saturated carbocycles. The van der Waals surface area contributed by atoms with E-state index in [-0.39, 0.29) is 18.4 Å². The largest absolute Gasteiger partial charge is 0.483 e. The van der Waals surface area contributed by atoms with Crippen LogP contribution >= 0.6 is 15.9 Å². The Morgan fingerprint density at radius 3 is 1.93 bits per heavy atom. The lowest BCUT2D eigenvalue weighted by Gasteiger charge is -2.13. The van der Waals surface area contributed by atoms with Crippen LogP contribution in [0, 0.1) is 19.8 Å². The summed E-state index contributed by atoms with van der Waals surface area (Å²) in [6.07, 6.45) is 0.477. The molecule has 0 aliphatic heterocycles. The fourth-order valence-corrected chi connectivity index (χ4v) is 3.37. The minimum absolute atomic E-state index is 0.0181. The van der Waals surface area contributed by atoms with Crippen molar-refractivity contribution in [3.63, 3.8) is 0 Å². The SMILES string of the molecule is Cc1cc(Br)cc(C)c1OCC(=O)Nc1ccc(NC(=O)CC(C)C)cc1. The zero-order chi connectivity index (χ0) is 20.0. The third-order valence-corrected chi connectivity index (χ3v) is 4.28. The monoisotopic (exact) mass is 432 g/mol. The summed E-state index contributed by atoms with van der Waals surface area (Å²) in [7, 11) is 0. The molecule has 144 valence electrons. The average molecular weight is 433 g/mol. The average Bonchev–Trinajstić information content (AvgIpc) is 2.55. The normalized spacial score (nSPS) is 10.6. The Bertz CT molecular complexity index is 794. The second-order valence-electron chi connectivity index (χ2n) is 6.93. The topological polar surface area (TPSA) is 67.4 Å². The maximum atomic E-state index is 12.1. The summed E-state index contributed by atoms with van der Waals surface area (Å²) in [4.78, 5) is 23.9. The van der Waals surface area contributed by atoms with Crippen LogP contribution in [0.4, 0.5) is 11.4 Å². The first-order valence-electron chi connectivity index (χ1n) is 8.84. The lowest BCUT2D eigenvalue weighted by Crippen LogP contribution is -2.20. The number of anilines is 2. The highest BCUT2D eigenvalue weighted by molar-refractivity contribution is 9.10. The molecule has 0 bridgehead atoms. The Labute approximate surface area is 168 Å². The van der Waals surface area contributed by atoms with Crippen molar-refractivity contribution in [2.75, 3.05) is 17.2 Å². The number of carbonyl (C=O) groups is 2. The van der Waals surface area contributed by atoms with Crippen LogP contribution in [0.15, 0.2) is 40.9 Å². The summed E-state index contributed by atoms with van der Waals surface area (Å²) in [5.74, 6) is 0.766. The molecule has 0 aromatic heterocycles. The van der Waals surface area contributed by atoms with Crippen molar-refractivity contribution in [1.82, 2.24) is 0 Å². The number of rotatable bonds is 7. The number of hydrogen-bond acceptors (Lipinski definition) is 3. The summed E-state index contributed by atoms with van der Waals surface area (Å²) in [5, 5.41) is 5.63. The van der Waals surface area contributed by atoms with Crippen molar-refractivity contribution < 1.29 is 14.3 Å². The molecule has 6 heteroatoms. The van der Waals surface area contributed by atoms with E-state index in [2.05, 4.69) is 26.6 Å². The van der Waals surface area contributed by atoms with E-state index < -0.39 is 0 Å². The predicted molar refractivity (Wildman–Crippen MR) is 112 cm³/mol. The van der Waals surface area contributed by atoms with Crippen LogP contribution in [0.2, 0.25) is 0 Å². The van der Waals surface area contributed by atoms with Gasteiger partial charge in [0.25, 0.3) is 5.91 Å². The Balaban J connectivity index is 1.88. The predicted octanol–water partition coefficient (Wildman–Crippen LogP) is 5.07. The van der Waals surface area contributed by atoms with Gasteiger partial charge in [-0.2, -0.15) is 0 Å². The van der Waals surface area contributed by atoms with Crippen molar-refractivity contribution >= 4 is 39.1 Å². The van der Waals surface area contributed by atoms with E-state index >= 15 is 0 Å². The number of carbonyl (C=O) groups excluding carboxylic acids is 2. The molecule has 2 rings (SSSR count). The molecule has 0 fully saturated rings. The molecule has 27 heavy (non-hydrogen) atoms. The molecule has 0 radical (unpaired) electrons. The van der Waals surface area contributed by atoms with E-state index in [4.69, 9.17) is 4.74 Å². The first-order valence-corrected chi connectivity index (χ1v) is 9.63. The van der Waals surface area contributed by atoms with Gasteiger partial charge >= 0.3 is 0 Å². The van der Waals surface area contributed by atoms with Gasteiger partial charge in [0.2, 0.25) is 5.91 Å². The third kappa shape index (κ3) is 6.71. The number of ether oxygens (including phenoxy) is 1. The fourth-order valence-electron chi connectivity index (χ4n) is 2.68. The number of halogens is 1. The van der Waals surface area contributed by atoms with Gasteiger partial charge in [-0.1, -0.05) is 29.8 Å². The van der Waals surface area contributed by atoms with E-state index in [0.717, 1.165) is 21.3 Å². The minimum atomic E-state index is -0.242. The zero-order valence-corrected chi connectivity index (χ0v) is 17.6. The molecular formula is C21H25BrN2O3. The number of nitrogens with one attached hydrogen (secondary N) is 2. The summed E-state index contributed by atoms with van der Waals surface area (Å²) < 4.78 is 6.66. The first kappa shape index (κ1) is 21.0. The molecule has 0 saturated heterocycles. The number of aryl methyl sites for hydroxylation is 2. The van der Waals surface area contributed by atoms with Gasteiger partial charge in [-0.05, 0) is 67.3 Å². The molecular weight excluding hydrogens is 408 g/mol. The minimum Gasteiger partial charge on any atom is -0.483 e. The van der Waals surface area contributed by atoms with Crippen molar-refractivity contribution in [1.29, 1.82) is 0 Å². The van der Waals surface area contributed by atoms with Gasteiger partial charge in [-0.25, -0.2) is 0 Å². The molecule has 0 heterocycles. The molecule has 5 nitrogen and oxygen atoms in total. The van der Waals surface area contributed by atoms with E-state index in [1.807, 2.05) is 39.8 Å². The zero-order valence-electron chi connectivity index (χ0n) is 16.1. The molecule has 0 atom stereocenters. The van der Waals surface area contributed by atoms with Gasteiger partial charge in [0.15, 0.2) is 6.61 Å². The Kier molecular flexibility index (Phi) is 7.42. The van der Waals surface area contributed by atoms with Crippen LogP contribution in [-0.4, -0.2) is 18.4 Å². The van der Waals surface area contributed by atoms with E-state index in [0.29, 0.717) is 23.7 Å².